The standard InChI is InChI=1S/C14H15F6NO2/c1-7(6-12(2,21)11(22)23)10-8(13(15,16)17)4-3-5-9(10)14(18,19)20/h3-5,7H,6,21H2,1-2H3,(H,22,23). The SMILES string of the molecule is CC(CC(C)(N)C(=O)O)c1c(C(F)(F)F)cccc1C(F)(F)F. The zero-order valence-corrected chi connectivity index (χ0v) is 12.2. The third-order valence-corrected chi connectivity index (χ3v) is 3.43. The van der Waals surface area contributed by atoms with Crippen molar-refractivity contribution in [2.24, 2.45) is 5.73 Å². The van der Waals surface area contributed by atoms with Crippen LogP contribution in [0.1, 0.15) is 42.9 Å². The predicted molar refractivity (Wildman–Crippen MR) is 69.7 cm³/mol. The lowest BCUT2D eigenvalue weighted by atomic mass is 9.82. The molecule has 0 aliphatic heterocycles. The molecule has 0 heterocycles. The summed E-state index contributed by atoms with van der Waals surface area (Å²) in [7, 11) is 0. The van der Waals surface area contributed by atoms with Gasteiger partial charge in [0.2, 0.25) is 0 Å². The number of hydrogen-bond acceptors (Lipinski definition) is 2. The van der Waals surface area contributed by atoms with Crippen molar-refractivity contribution in [3.05, 3.63) is 34.9 Å². The summed E-state index contributed by atoms with van der Waals surface area (Å²) in [6, 6.07) is 1.74. The third kappa shape index (κ3) is 4.37. The number of alkyl halides is 6. The first-order chi connectivity index (χ1) is 10.2. The summed E-state index contributed by atoms with van der Waals surface area (Å²) in [6.07, 6.45) is -10.6. The van der Waals surface area contributed by atoms with Crippen LogP contribution in [0.25, 0.3) is 0 Å². The van der Waals surface area contributed by atoms with E-state index >= 15 is 0 Å². The number of aliphatic carboxylic acids is 1. The molecule has 0 aliphatic rings. The lowest BCUT2D eigenvalue weighted by molar-refractivity contribution is -0.144. The van der Waals surface area contributed by atoms with Gasteiger partial charge < -0.3 is 10.8 Å². The molecule has 1 rings (SSSR count). The molecule has 0 aliphatic carbocycles. The predicted octanol–water partition coefficient (Wildman–Crippen LogP) is 4.02. The highest BCUT2D eigenvalue weighted by atomic mass is 19.4. The smallest absolute Gasteiger partial charge is 0.416 e. The lowest BCUT2D eigenvalue weighted by Gasteiger charge is -2.28. The van der Waals surface area contributed by atoms with E-state index in [1.54, 1.807) is 0 Å². The van der Waals surface area contributed by atoms with E-state index in [1.165, 1.54) is 0 Å². The van der Waals surface area contributed by atoms with Crippen LogP contribution < -0.4 is 5.73 Å². The summed E-state index contributed by atoms with van der Waals surface area (Å²) in [5.41, 5.74) is -0.385. The van der Waals surface area contributed by atoms with Crippen molar-refractivity contribution >= 4 is 5.97 Å². The molecule has 0 saturated heterocycles. The molecule has 23 heavy (non-hydrogen) atoms. The monoisotopic (exact) mass is 343 g/mol. The molecule has 1 aromatic rings. The van der Waals surface area contributed by atoms with E-state index in [4.69, 9.17) is 10.8 Å². The molecule has 0 amide bonds. The maximum atomic E-state index is 13.1. The van der Waals surface area contributed by atoms with Crippen molar-refractivity contribution < 1.29 is 36.2 Å². The van der Waals surface area contributed by atoms with Crippen molar-refractivity contribution in [3.63, 3.8) is 0 Å². The van der Waals surface area contributed by atoms with Gasteiger partial charge in [0.15, 0.2) is 0 Å². The molecule has 0 saturated carbocycles. The minimum absolute atomic E-state index is 0.537. The number of carboxylic acids is 1. The van der Waals surface area contributed by atoms with Crippen LogP contribution in [-0.4, -0.2) is 16.6 Å². The fourth-order valence-corrected chi connectivity index (χ4v) is 2.42. The second-order valence-electron chi connectivity index (χ2n) is 5.59. The molecule has 0 spiro atoms. The minimum Gasteiger partial charge on any atom is -0.480 e. The van der Waals surface area contributed by atoms with Crippen molar-refractivity contribution in [1.29, 1.82) is 0 Å². The Morgan fingerprint density at radius 2 is 1.52 bits per heavy atom. The molecule has 3 N–H and O–H groups in total. The number of carboxylic acid groups (broad SMARTS) is 1. The maximum absolute atomic E-state index is 13.1. The van der Waals surface area contributed by atoms with Gasteiger partial charge in [0.1, 0.15) is 5.54 Å². The molecule has 2 atom stereocenters. The molecule has 0 aromatic heterocycles. The highest BCUT2D eigenvalue weighted by molar-refractivity contribution is 5.78. The first-order valence-electron chi connectivity index (χ1n) is 6.47. The van der Waals surface area contributed by atoms with Crippen LogP contribution in [0.3, 0.4) is 0 Å². The summed E-state index contributed by atoms with van der Waals surface area (Å²) in [6.45, 7) is 2.13. The molecule has 0 radical (unpaired) electrons. The number of halogens is 6. The zero-order valence-electron chi connectivity index (χ0n) is 12.2. The molecule has 1 aromatic carbocycles. The van der Waals surface area contributed by atoms with E-state index in [9.17, 15) is 31.1 Å². The van der Waals surface area contributed by atoms with Crippen LogP contribution in [0.4, 0.5) is 26.3 Å². The zero-order chi connectivity index (χ0) is 18.2. The van der Waals surface area contributed by atoms with Gasteiger partial charge in [0, 0.05) is 0 Å². The molecule has 0 bridgehead atoms. The van der Waals surface area contributed by atoms with Gasteiger partial charge in [-0.05, 0) is 37.0 Å². The van der Waals surface area contributed by atoms with Gasteiger partial charge in [-0.25, -0.2) is 0 Å². The summed E-state index contributed by atoms with van der Waals surface area (Å²) in [5.74, 6) is -2.88. The van der Waals surface area contributed by atoms with Crippen molar-refractivity contribution in [1.82, 2.24) is 0 Å². The molecule has 130 valence electrons. The van der Waals surface area contributed by atoms with Crippen LogP contribution in [0.15, 0.2) is 18.2 Å². The van der Waals surface area contributed by atoms with Crippen LogP contribution in [0.2, 0.25) is 0 Å². The molecule has 0 fully saturated rings. The lowest BCUT2D eigenvalue weighted by Crippen LogP contribution is -2.46. The Kier molecular flexibility index (Phi) is 5.05. The van der Waals surface area contributed by atoms with Crippen LogP contribution in [0.5, 0.6) is 0 Å². The Hall–Kier alpha value is -1.77. The number of benzene rings is 1. The Morgan fingerprint density at radius 1 is 1.13 bits per heavy atom. The van der Waals surface area contributed by atoms with E-state index in [-0.39, 0.29) is 0 Å². The maximum Gasteiger partial charge on any atom is 0.416 e. The molecular weight excluding hydrogens is 328 g/mol. The van der Waals surface area contributed by atoms with Gasteiger partial charge in [-0.3, -0.25) is 4.79 Å². The van der Waals surface area contributed by atoms with E-state index in [0.29, 0.717) is 18.2 Å². The Morgan fingerprint density at radius 3 is 1.83 bits per heavy atom. The first kappa shape index (κ1) is 19.3. The van der Waals surface area contributed by atoms with E-state index in [1.807, 2.05) is 0 Å². The second-order valence-corrected chi connectivity index (χ2v) is 5.59. The number of nitrogens with two attached hydrogens (primary N) is 1. The Labute approximate surface area is 128 Å². The fraction of sp³-hybridized carbons (Fsp3) is 0.500. The average molecular weight is 343 g/mol. The average Bonchev–Trinajstić information content (AvgIpc) is 2.34. The first-order valence-corrected chi connectivity index (χ1v) is 6.47. The Balaban J connectivity index is 3.50. The Bertz CT molecular complexity index is 560. The molecule has 2 unspecified atom stereocenters. The van der Waals surface area contributed by atoms with E-state index < -0.39 is 52.9 Å². The van der Waals surface area contributed by atoms with Gasteiger partial charge in [0.05, 0.1) is 11.1 Å². The summed E-state index contributed by atoms with van der Waals surface area (Å²) >= 11 is 0. The normalized spacial score (nSPS) is 16.7. The third-order valence-electron chi connectivity index (χ3n) is 3.43. The molecular formula is C14H15F6NO2. The minimum atomic E-state index is -5.00. The van der Waals surface area contributed by atoms with Crippen molar-refractivity contribution in [2.45, 2.75) is 44.1 Å². The quantitative estimate of drug-likeness (QED) is 0.812. The van der Waals surface area contributed by atoms with Crippen molar-refractivity contribution in [3.8, 4) is 0 Å². The van der Waals surface area contributed by atoms with Crippen LogP contribution >= 0.6 is 0 Å². The van der Waals surface area contributed by atoms with E-state index in [2.05, 4.69) is 0 Å². The van der Waals surface area contributed by atoms with Gasteiger partial charge in [-0.1, -0.05) is 13.0 Å². The fourth-order valence-electron chi connectivity index (χ4n) is 2.42. The number of hydrogen-bond donors (Lipinski definition) is 2. The largest absolute Gasteiger partial charge is 0.480 e. The van der Waals surface area contributed by atoms with Gasteiger partial charge in [-0.15, -0.1) is 0 Å². The summed E-state index contributed by atoms with van der Waals surface area (Å²) in [4.78, 5) is 11.0. The highest BCUT2D eigenvalue weighted by Gasteiger charge is 2.43. The van der Waals surface area contributed by atoms with E-state index in [0.717, 1.165) is 13.8 Å². The molecule has 9 heteroatoms. The van der Waals surface area contributed by atoms with Crippen molar-refractivity contribution in [2.75, 3.05) is 0 Å². The van der Waals surface area contributed by atoms with Crippen LogP contribution in [0, 0.1) is 0 Å². The van der Waals surface area contributed by atoms with Gasteiger partial charge >= 0.3 is 18.3 Å². The number of rotatable bonds is 4. The summed E-state index contributed by atoms with van der Waals surface area (Å²) < 4.78 is 78.3. The van der Waals surface area contributed by atoms with Gasteiger partial charge in [0.25, 0.3) is 0 Å². The number of carbonyl (C=O) groups is 1. The summed E-state index contributed by atoms with van der Waals surface area (Å²) in [5, 5.41) is 8.93. The van der Waals surface area contributed by atoms with Crippen LogP contribution in [-0.2, 0) is 17.1 Å². The van der Waals surface area contributed by atoms with Gasteiger partial charge in [-0.2, -0.15) is 26.3 Å². The topological polar surface area (TPSA) is 63.3 Å². The highest BCUT2D eigenvalue weighted by Crippen LogP contribution is 2.44. The second kappa shape index (κ2) is 6.03. The molecule has 3 nitrogen and oxygen atoms in total.